The SMILES string of the molecule is CCCCC[C@@H](CCC1[C@H](O)C[C@]2(N)Cc3c(cccc3OCC(=O)OC)C[C@H]12)OC1CCCCO1. The molecule has 1 saturated carbocycles. The van der Waals surface area contributed by atoms with E-state index in [2.05, 4.69) is 13.0 Å². The Kier molecular flexibility index (Phi) is 9.67. The lowest BCUT2D eigenvalue weighted by Crippen LogP contribution is -2.50. The lowest BCUT2D eigenvalue weighted by atomic mass is 9.69. The monoisotopic (exact) mass is 503 g/mol. The van der Waals surface area contributed by atoms with E-state index in [1.165, 1.54) is 25.5 Å². The van der Waals surface area contributed by atoms with Gasteiger partial charge in [-0.3, -0.25) is 0 Å². The Morgan fingerprint density at radius 1 is 1.28 bits per heavy atom. The van der Waals surface area contributed by atoms with Gasteiger partial charge in [0.05, 0.1) is 19.3 Å². The van der Waals surface area contributed by atoms with E-state index in [4.69, 9.17) is 24.7 Å². The molecule has 4 rings (SSSR count). The molecule has 1 aliphatic heterocycles. The Hall–Kier alpha value is -1.67. The Morgan fingerprint density at radius 3 is 2.89 bits per heavy atom. The minimum absolute atomic E-state index is 0.0857. The van der Waals surface area contributed by atoms with Crippen molar-refractivity contribution in [3.63, 3.8) is 0 Å². The Morgan fingerprint density at radius 2 is 2.14 bits per heavy atom. The standard InChI is InChI=1S/C29H45NO6/c1-3-4-5-10-21(36-28-12-6-7-15-34-28)13-14-22-24-16-20-9-8-11-26(35-19-27(32)33-2)23(20)17-29(24,30)18-25(22)31/h8-9,11,21-22,24-25,28,31H,3-7,10,12-19,30H2,1-2H3/t21-,22?,24+,25+,28?,29+/m0/s1. The smallest absolute Gasteiger partial charge is 0.343 e. The molecule has 1 aromatic rings. The summed E-state index contributed by atoms with van der Waals surface area (Å²) in [6, 6.07) is 5.98. The molecule has 2 fully saturated rings. The second-order valence-electron chi connectivity index (χ2n) is 11.0. The molecular weight excluding hydrogens is 458 g/mol. The van der Waals surface area contributed by atoms with Gasteiger partial charge in [0.25, 0.3) is 0 Å². The van der Waals surface area contributed by atoms with Crippen molar-refractivity contribution in [1.82, 2.24) is 0 Å². The number of unbranched alkanes of at least 4 members (excludes halogenated alkanes) is 2. The lowest BCUT2D eigenvalue weighted by molar-refractivity contribution is -0.191. The van der Waals surface area contributed by atoms with E-state index in [0.29, 0.717) is 18.6 Å². The summed E-state index contributed by atoms with van der Waals surface area (Å²) in [6.07, 6.45) is 11.4. The Balaban J connectivity index is 1.42. The van der Waals surface area contributed by atoms with Gasteiger partial charge in [0, 0.05) is 12.1 Å². The van der Waals surface area contributed by atoms with Gasteiger partial charge in [0.1, 0.15) is 5.75 Å². The fourth-order valence-corrected chi connectivity index (χ4v) is 6.55. The zero-order valence-corrected chi connectivity index (χ0v) is 22.1. The van der Waals surface area contributed by atoms with Crippen LogP contribution in [0.5, 0.6) is 5.75 Å². The van der Waals surface area contributed by atoms with Gasteiger partial charge in [0.2, 0.25) is 0 Å². The largest absolute Gasteiger partial charge is 0.482 e. The summed E-state index contributed by atoms with van der Waals surface area (Å²) in [6.45, 7) is 2.89. The van der Waals surface area contributed by atoms with E-state index in [1.807, 2.05) is 12.1 Å². The molecule has 36 heavy (non-hydrogen) atoms. The molecule has 7 heteroatoms. The van der Waals surface area contributed by atoms with E-state index in [1.54, 1.807) is 0 Å². The molecule has 3 aliphatic rings. The molecular formula is C29H45NO6. The number of ether oxygens (including phenoxy) is 4. The average Bonchev–Trinajstić information content (AvgIpc) is 3.13. The van der Waals surface area contributed by atoms with Crippen LogP contribution in [0, 0.1) is 11.8 Å². The van der Waals surface area contributed by atoms with E-state index in [-0.39, 0.29) is 30.8 Å². The summed E-state index contributed by atoms with van der Waals surface area (Å²) in [5.41, 5.74) is 8.79. The highest BCUT2D eigenvalue weighted by Gasteiger charge is 2.53. The van der Waals surface area contributed by atoms with Crippen molar-refractivity contribution in [3.8, 4) is 5.75 Å². The third-order valence-corrected chi connectivity index (χ3v) is 8.52. The van der Waals surface area contributed by atoms with Gasteiger partial charge < -0.3 is 29.8 Å². The molecule has 6 atom stereocenters. The number of rotatable bonds is 12. The summed E-state index contributed by atoms with van der Waals surface area (Å²) in [5.74, 6) is 0.635. The van der Waals surface area contributed by atoms with Crippen LogP contribution < -0.4 is 10.5 Å². The average molecular weight is 504 g/mol. The van der Waals surface area contributed by atoms with Crippen molar-refractivity contribution in [2.24, 2.45) is 17.6 Å². The van der Waals surface area contributed by atoms with Crippen LogP contribution in [-0.4, -0.2) is 55.4 Å². The summed E-state index contributed by atoms with van der Waals surface area (Å²) >= 11 is 0. The molecule has 3 N–H and O–H groups in total. The summed E-state index contributed by atoms with van der Waals surface area (Å²) in [7, 11) is 1.35. The Bertz CT molecular complexity index is 856. The lowest BCUT2D eigenvalue weighted by Gasteiger charge is -2.40. The number of benzene rings is 1. The molecule has 202 valence electrons. The molecule has 0 amide bonds. The van der Waals surface area contributed by atoms with Crippen molar-refractivity contribution in [2.75, 3.05) is 20.3 Å². The molecule has 1 heterocycles. The first-order valence-corrected chi connectivity index (χ1v) is 14.0. The van der Waals surface area contributed by atoms with Gasteiger partial charge >= 0.3 is 5.97 Å². The van der Waals surface area contributed by atoms with Crippen LogP contribution in [-0.2, 0) is 31.8 Å². The number of aliphatic hydroxyl groups is 1. The zero-order valence-electron chi connectivity index (χ0n) is 22.1. The highest BCUT2D eigenvalue weighted by atomic mass is 16.7. The van der Waals surface area contributed by atoms with Crippen LogP contribution in [0.25, 0.3) is 0 Å². The van der Waals surface area contributed by atoms with Gasteiger partial charge in [-0.2, -0.15) is 0 Å². The van der Waals surface area contributed by atoms with E-state index < -0.39 is 17.6 Å². The molecule has 2 aliphatic carbocycles. The number of fused-ring (bicyclic) bond motifs is 2. The van der Waals surface area contributed by atoms with E-state index in [0.717, 1.165) is 63.5 Å². The number of aliphatic hydroxyl groups excluding tert-OH is 1. The van der Waals surface area contributed by atoms with Crippen molar-refractivity contribution in [3.05, 3.63) is 29.3 Å². The van der Waals surface area contributed by atoms with Crippen molar-refractivity contribution in [1.29, 1.82) is 0 Å². The first-order valence-electron chi connectivity index (χ1n) is 14.0. The number of esters is 1. The molecule has 2 unspecified atom stereocenters. The highest BCUT2D eigenvalue weighted by molar-refractivity contribution is 5.71. The second kappa shape index (κ2) is 12.7. The van der Waals surface area contributed by atoms with E-state index in [9.17, 15) is 9.90 Å². The zero-order chi connectivity index (χ0) is 25.5. The molecule has 1 saturated heterocycles. The molecule has 0 spiro atoms. The molecule has 0 radical (unpaired) electrons. The maximum Gasteiger partial charge on any atom is 0.343 e. The summed E-state index contributed by atoms with van der Waals surface area (Å²) in [4.78, 5) is 11.6. The van der Waals surface area contributed by atoms with Crippen LogP contribution in [0.4, 0.5) is 0 Å². The highest BCUT2D eigenvalue weighted by Crippen LogP contribution is 2.49. The van der Waals surface area contributed by atoms with Crippen molar-refractivity contribution < 1.29 is 28.8 Å². The molecule has 0 aromatic heterocycles. The topological polar surface area (TPSA) is 100 Å². The maximum atomic E-state index is 11.6. The number of carbonyl (C=O) groups excluding carboxylic acids is 1. The maximum absolute atomic E-state index is 11.6. The first kappa shape index (κ1) is 27.4. The summed E-state index contributed by atoms with van der Waals surface area (Å²) in [5, 5.41) is 11.2. The Labute approximate surface area is 216 Å². The molecule has 1 aromatic carbocycles. The predicted octanol–water partition coefficient (Wildman–Crippen LogP) is 4.30. The van der Waals surface area contributed by atoms with Crippen molar-refractivity contribution in [2.45, 2.75) is 108 Å². The fraction of sp³-hybridized carbons (Fsp3) is 0.759. The quantitative estimate of drug-likeness (QED) is 0.324. The van der Waals surface area contributed by atoms with Gasteiger partial charge in [-0.05, 0) is 86.8 Å². The third kappa shape index (κ3) is 6.60. The van der Waals surface area contributed by atoms with Crippen LogP contribution in [0.2, 0.25) is 0 Å². The van der Waals surface area contributed by atoms with Crippen LogP contribution in [0.3, 0.4) is 0 Å². The van der Waals surface area contributed by atoms with Crippen LogP contribution in [0.1, 0.15) is 82.3 Å². The number of hydrogen-bond acceptors (Lipinski definition) is 7. The van der Waals surface area contributed by atoms with Gasteiger partial charge in [0.15, 0.2) is 12.9 Å². The van der Waals surface area contributed by atoms with E-state index >= 15 is 0 Å². The molecule has 0 bridgehead atoms. The first-order chi connectivity index (χ1) is 17.4. The minimum Gasteiger partial charge on any atom is -0.482 e. The summed E-state index contributed by atoms with van der Waals surface area (Å²) < 4.78 is 22.8. The third-order valence-electron chi connectivity index (χ3n) is 8.52. The predicted molar refractivity (Wildman–Crippen MR) is 138 cm³/mol. The number of nitrogens with two attached hydrogens (primary N) is 1. The number of hydrogen-bond donors (Lipinski definition) is 2. The number of carbonyl (C=O) groups is 1. The van der Waals surface area contributed by atoms with Gasteiger partial charge in [-0.1, -0.05) is 38.3 Å². The molecule has 7 nitrogen and oxygen atoms in total. The normalized spacial score (nSPS) is 30.3. The van der Waals surface area contributed by atoms with Gasteiger partial charge in [-0.25, -0.2) is 4.79 Å². The van der Waals surface area contributed by atoms with Crippen LogP contribution in [0.15, 0.2) is 18.2 Å². The van der Waals surface area contributed by atoms with Crippen molar-refractivity contribution >= 4 is 5.97 Å². The number of methoxy groups -OCH3 is 1. The van der Waals surface area contributed by atoms with Gasteiger partial charge in [-0.15, -0.1) is 0 Å². The fourth-order valence-electron chi connectivity index (χ4n) is 6.55. The second-order valence-corrected chi connectivity index (χ2v) is 11.0. The minimum atomic E-state index is -0.479. The van der Waals surface area contributed by atoms with Crippen LogP contribution >= 0.6 is 0 Å².